The number of fused-ring (bicyclic) bond motifs is 3. The molecule has 1 aromatic carbocycles. The second-order valence-corrected chi connectivity index (χ2v) is 4.82. The molecule has 0 spiro atoms. The minimum atomic E-state index is 0.731. The van der Waals surface area contributed by atoms with Gasteiger partial charge in [0.1, 0.15) is 6.61 Å². The standard InChI is InChI=1S/C12H11BrN2O/c1-15-4-5-16-12-9-6-8(13)2-3-10(9)14-7-11(12)15/h2-3,6-7H,4-5H2,1H3. The zero-order chi connectivity index (χ0) is 11.1. The molecule has 0 atom stereocenters. The van der Waals surface area contributed by atoms with Crippen molar-refractivity contribution in [2.45, 2.75) is 0 Å². The van der Waals surface area contributed by atoms with Crippen LogP contribution in [0.15, 0.2) is 28.9 Å². The van der Waals surface area contributed by atoms with Crippen LogP contribution in [0, 0.1) is 0 Å². The third kappa shape index (κ3) is 1.45. The first-order valence-corrected chi connectivity index (χ1v) is 5.97. The molecular formula is C12H11BrN2O. The zero-order valence-electron chi connectivity index (χ0n) is 8.90. The lowest BCUT2D eigenvalue weighted by Gasteiger charge is -2.28. The largest absolute Gasteiger partial charge is 0.489 e. The highest BCUT2D eigenvalue weighted by molar-refractivity contribution is 9.10. The molecule has 0 bridgehead atoms. The number of hydrogen-bond donors (Lipinski definition) is 0. The van der Waals surface area contributed by atoms with Gasteiger partial charge >= 0.3 is 0 Å². The molecule has 0 aliphatic carbocycles. The van der Waals surface area contributed by atoms with Gasteiger partial charge in [0.25, 0.3) is 0 Å². The molecule has 3 rings (SSSR count). The minimum absolute atomic E-state index is 0.731. The molecule has 1 aliphatic heterocycles. The third-order valence-electron chi connectivity index (χ3n) is 2.85. The number of halogens is 1. The van der Waals surface area contributed by atoms with E-state index in [0.717, 1.165) is 40.0 Å². The molecule has 0 amide bonds. The molecular weight excluding hydrogens is 268 g/mol. The first-order chi connectivity index (χ1) is 7.75. The predicted octanol–water partition coefficient (Wildman–Crippen LogP) is 2.83. The summed E-state index contributed by atoms with van der Waals surface area (Å²) < 4.78 is 6.81. The summed E-state index contributed by atoms with van der Waals surface area (Å²) >= 11 is 3.48. The monoisotopic (exact) mass is 278 g/mol. The summed E-state index contributed by atoms with van der Waals surface area (Å²) in [5.41, 5.74) is 2.04. The van der Waals surface area contributed by atoms with E-state index in [1.165, 1.54) is 0 Å². The lowest BCUT2D eigenvalue weighted by molar-refractivity contribution is 0.315. The molecule has 0 radical (unpaired) electrons. The quantitative estimate of drug-likeness (QED) is 0.741. The Hall–Kier alpha value is -1.29. The number of anilines is 1. The normalized spacial score (nSPS) is 14.8. The molecule has 0 unspecified atom stereocenters. The second kappa shape index (κ2) is 3.63. The van der Waals surface area contributed by atoms with E-state index in [1.54, 1.807) is 0 Å². The molecule has 2 heterocycles. The van der Waals surface area contributed by atoms with Crippen molar-refractivity contribution in [2.24, 2.45) is 0 Å². The summed E-state index contributed by atoms with van der Waals surface area (Å²) in [7, 11) is 2.06. The smallest absolute Gasteiger partial charge is 0.153 e. The van der Waals surface area contributed by atoms with Crippen LogP contribution < -0.4 is 9.64 Å². The van der Waals surface area contributed by atoms with Crippen LogP contribution in [0.3, 0.4) is 0 Å². The second-order valence-electron chi connectivity index (χ2n) is 3.90. The molecule has 1 aliphatic rings. The fraction of sp³-hybridized carbons (Fsp3) is 0.250. The van der Waals surface area contributed by atoms with Crippen LogP contribution in [0.4, 0.5) is 5.69 Å². The molecule has 2 aromatic rings. The van der Waals surface area contributed by atoms with Crippen LogP contribution >= 0.6 is 15.9 Å². The number of aromatic nitrogens is 1. The van der Waals surface area contributed by atoms with E-state index in [4.69, 9.17) is 4.74 Å². The lowest BCUT2D eigenvalue weighted by Crippen LogP contribution is -2.29. The molecule has 0 saturated heterocycles. The van der Waals surface area contributed by atoms with Crippen molar-refractivity contribution in [2.75, 3.05) is 25.1 Å². The molecule has 0 fully saturated rings. The van der Waals surface area contributed by atoms with Crippen molar-refractivity contribution in [3.05, 3.63) is 28.9 Å². The van der Waals surface area contributed by atoms with Gasteiger partial charge in [0, 0.05) is 16.9 Å². The Morgan fingerprint density at radius 3 is 3.19 bits per heavy atom. The number of hydrogen-bond acceptors (Lipinski definition) is 3. The average Bonchev–Trinajstić information content (AvgIpc) is 2.29. The van der Waals surface area contributed by atoms with Gasteiger partial charge in [-0.25, -0.2) is 0 Å². The highest BCUT2D eigenvalue weighted by Crippen LogP contribution is 2.37. The van der Waals surface area contributed by atoms with Gasteiger partial charge in [-0.05, 0) is 18.2 Å². The summed E-state index contributed by atoms with van der Waals surface area (Å²) in [6.45, 7) is 1.64. The fourth-order valence-electron chi connectivity index (χ4n) is 1.96. The van der Waals surface area contributed by atoms with Crippen LogP contribution in [0.25, 0.3) is 10.9 Å². The van der Waals surface area contributed by atoms with Crippen LogP contribution in [0.5, 0.6) is 5.75 Å². The van der Waals surface area contributed by atoms with E-state index in [9.17, 15) is 0 Å². The minimum Gasteiger partial charge on any atom is -0.489 e. The van der Waals surface area contributed by atoms with E-state index < -0.39 is 0 Å². The number of ether oxygens (including phenoxy) is 1. The first kappa shape index (κ1) is 9.90. The molecule has 1 aromatic heterocycles. The number of pyridine rings is 1. The van der Waals surface area contributed by atoms with Crippen LogP contribution in [0.2, 0.25) is 0 Å². The van der Waals surface area contributed by atoms with Crippen molar-refractivity contribution >= 4 is 32.5 Å². The van der Waals surface area contributed by atoms with E-state index in [-0.39, 0.29) is 0 Å². The zero-order valence-corrected chi connectivity index (χ0v) is 10.5. The summed E-state index contributed by atoms with van der Waals surface area (Å²) in [6.07, 6.45) is 1.88. The van der Waals surface area contributed by atoms with Gasteiger partial charge in [-0.3, -0.25) is 4.98 Å². The summed E-state index contributed by atoms with van der Waals surface area (Å²) in [6, 6.07) is 6.05. The lowest BCUT2D eigenvalue weighted by atomic mass is 10.1. The summed E-state index contributed by atoms with van der Waals surface area (Å²) in [5, 5.41) is 1.07. The highest BCUT2D eigenvalue weighted by atomic mass is 79.9. The van der Waals surface area contributed by atoms with Gasteiger partial charge in [0.2, 0.25) is 0 Å². The number of rotatable bonds is 0. The van der Waals surface area contributed by atoms with Crippen LogP contribution in [-0.4, -0.2) is 25.2 Å². The number of benzene rings is 1. The maximum absolute atomic E-state index is 5.76. The predicted molar refractivity (Wildman–Crippen MR) is 68.2 cm³/mol. The molecule has 4 heteroatoms. The SMILES string of the molecule is CN1CCOc2c1cnc1ccc(Br)cc21. The van der Waals surface area contributed by atoms with E-state index in [2.05, 4.69) is 38.9 Å². The van der Waals surface area contributed by atoms with Crippen molar-refractivity contribution in [1.82, 2.24) is 4.98 Å². The number of likely N-dealkylation sites (N-methyl/N-ethyl adjacent to an activating group) is 1. The molecule has 3 nitrogen and oxygen atoms in total. The Bertz CT molecular complexity index is 556. The maximum Gasteiger partial charge on any atom is 0.153 e. The topological polar surface area (TPSA) is 25.4 Å². The van der Waals surface area contributed by atoms with Crippen molar-refractivity contribution in [3.8, 4) is 5.75 Å². The van der Waals surface area contributed by atoms with E-state index in [0.29, 0.717) is 0 Å². The van der Waals surface area contributed by atoms with Crippen molar-refractivity contribution in [3.63, 3.8) is 0 Å². The van der Waals surface area contributed by atoms with Crippen molar-refractivity contribution < 1.29 is 4.74 Å². The van der Waals surface area contributed by atoms with Crippen molar-refractivity contribution in [1.29, 1.82) is 0 Å². The molecule has 82 valence electrons. The third-order valence-corrected chi connectivity index (χ3v) is 3.34. The van der Waals surface area contributed by atoms with Gasteiger partial charge in [0.05, 0.1) is 23.9 Å². The Morgan fingerprint density at radius 2 is 2.31 bits per heavy atom. The first-order valence-electron chi connectivity index (χ1n) is 5.18. The Labute approximate surface area is 102 Å². The Balaban J connectivity index is 2.33. The summed E-state index contributed by atoms with van der Waals surface area (Å²) in [4.78, 5) is 6.62. The maximum atomic E-state index is 5.76. The van der Waals surface area contributed by atoms with Gasteiger partial charge in [-0.2, -0.15) is 0 Å². The van der Waals surface area contributed by atoms with Gasteiger partial charge in [0.15, 0.2) is 5.75 Å². The average molecular weight is 279 g/mol. The summed E-state index contributed by atoms with van der Waals surface area (Å²) in [5.74, 6) is 0.944. The number of nitrogens with zero attached hydrogens (tertiary/aromatic N) is 2. The molecule has 0 N–H and O–H groups in total. The van der Waals surface area contributed by atoms with E-state index >= 15 is 0 Å². The van der Waals surface area contributed by atoms with Crippen LogP contribution in [0.1, 0.15) is 0 Å². The van der Waals surface area contributed by atoms with Gasteiger partial charge in [-0.1, -0.05) is 15.9 Å². The van der Waals surface area contributed by atoms with Gasteiger partial charge in [-0.15, -0.1) is 0 Å². The molecule has 16 heavy (non-hydrogen) atoms. The van der Waals surface area contributed by atoms with E-state index in [1.807, 2.05) is 18.3 Å². The fourth-order valence-corrected chi connectivity index (χ4v) is 2.32. The highest BCUT2D eigenvalue weighted by Gasteiger charge is 2.18. The van der Waals surface area contributed by atoms with Gasteiger partial charge < -0.3 is 9.64 Å². The Kier molecular flexibility index (Phi) is 2.24. The van der Waals surface area contributed by atoms with Crippen LogP contribution in [-0.2, 0) is 0 Å². The molecule has 0 saturated carbocycles. The Morgan fingerprint density at radius 1 is 1.44 bits per heavy atom.